The first kappa shape index (κ1) is 8.65. The van der Waals surface area contributed by atoms with Crippen molar-refractivity contribution >= 4 is 10.9 Å². The van der Waals surface area contributed by atoms with Crippen LogP contribution in [0.1, 0.15) is 11.1 Å². The molecule has 0 amide bonds. The van der Waals surface area contributed by atoms with Gasteiger partial charge in [0.1, 0.15) is 5.82 Å². The zero-order valence-electron chi connectivity index (χ0n) is 8.38. The van der Waals surface area contributed by atoms with Gasteiger partial charge in [0.05, 0.1) is 5.52 Å². The van der Waals surface area contributed by atoms with E-state index in [-0.39, 0.29) is 11.4 Å². The predicted octanol–water partition coefficient (Wildman–Crippen LogP) is 2.01. The molecule has 15 heavy (non-hydrogen) atoms. The maximum Gasteiger partial charge on any atom is 0.251 e. The lowest BCUT2D eigenvalue weighted by Gasteiger charge is -2.07. The van der Waals surface area contributed by atoms with E-state index in [9.17, 15) is 9.18 Å². The molecule has 1 aromatic heterocycles. The second-order valence-corrected chi connectivity index (χ2v) is 4.00. The quantitative estimate of drug-likeness (QED) is 0.642. The molecule has 0 bridgehead atoms. The summed E-state index contributed by atoms with van der Waals surface area (Å²) in [5, 5.41) is 0.601. The first-order chi connectivity index (χ1) is 7.18. The molecule has 1 aromatic carbocycles. The van der Waals surface area contributed by atoms with E-state index >= 15 is 0 Å². The number of benzene rings is 1. The van der Waals surface area contributed by atoms with Crippen molar-refractivity contribution in [3.05, 3.63) is 45.5 Å². The molecule has 0 saturated carbocycles. The van der Waals surface area contributed by atoms with E-state index < -0.39 is 0 Å². The number of hydrogen-bond acceptors (Lipinski definition) is 1. The van der Waals surface area contributed by atoms with E-state index in [1.54, 1.807) is 17.6 Å². The summed E-state index contributed by atoms with van der Waals surface area (Å²) in [5.41, 5.74) is 2.57. The fourth-order valence-corrected chi connectivity index (χ4v) is 2.39. The van der Waals surface area contributed by atoms with Gasteiger partial charge in [0.15, 0.2) is 0 Å². The fourth-order valence-electron chi connectivity index (χ4n) is 2.39. The van der Waals surface area contributed by atoms with Crippen molar-refractivity contribution in [3.8, 4) is 0 Å². The summed E-state index contributed by atoms with van der Waals surface area (Å²) in [6, 6.07) is 4.78. The summed E-state index contributed by atoms with van der Waals surface area (Å²) in [6.07, 6.45) is 0.829. The maximum atomic E-state index is 13.7. The molecule has 2 aromatic rings. The van der Waals surface area contributed by atoms with Gasteiger partial charge < -0.3 is 4.57 Å². The molecule has 3 rings (SSSR count). The third kappa shape index (κ3) is 1.00. The molecule has 0 N–H and O–H groups in total. The molecule has 76 valence electrons. The minimum atomic E-state index is -0.234. The van der Waals surface area contributed by atoms with Crippen LogP contribution in [-0.2, 0) is 13.0 Å². The first-order valence-electron chi connectivity index (χ1n) is 5.00. The van der Waals surface area contributed by atoms with Crippen LogP contribution in [-0.4, -0.2) is 4.57 Å². The summed E-state index contributed by atoms with van der Waals surface area (Å²) < 4.78 is 15.3. The van der Waals surface area contributed by atoms with Gasteiger partial charge >= 0.3 is 0 Å². The molecule has 0 radical (unpaired) electrons. The van der Waals surface area contributed by atoms with Gasteiger partial charge in [-0.1, -0.05) is 6.07 Å². The Morgan fingerprint density at radius 1 is 1.40 bits per heavy atom. The highest BCUT2D eigenvalue weighted by atomic mass is 19.1. The van der Waals surface area contributed by atoms with Gasteiger partial charge in [-0.3, -0.25) is 4.79 Å². The Balaban J connectivity index is 2.66. The lowest BCUT2D eigenvalue weighted by atomic mass is 10.1. The van der Waals surface area contributed by atoms with Crippen LogP contribution in [0.15, 0.2) is 23.0 Å². The average Bonchev–Trinajstić information content (AvgIpc) is 2.60. The van der Waals surface area contributed by atoms with E-state index in [1.165, 1.54) is 12.1 Å². The van der Waals surface area contributed by atoms with Crippen molar-refractivity contribution < 1.29 is 4.39 Å². The zero-order chi connectivity index (χ0) is 10.6. The molecule has 0 atom stereocenters. The van der Waals surface area contributed by atoms with Crippen LogP contribution in [0.3, 0.4) is 0 Å². The second-order valence-electron chi connectivity index (χ2n) is 4.00. The number of halogens is 1. The number of hydrogen-bond donors (Lipinski definition) is 0. The van der Waals surface area contributed by atoms with Crippen LogP contribution >= 0.6 is 0 Å². The molecule has 3 heteroatoms. The zero-order valence-corrected chi connectivity index (χ0v) is 8.38. The lowest BCUT2D eigenvalue weighted by molar-refractivity contribution is 0.638. The van der Waals surface area contributed by atoms with Crippen molar-refractivity contribution in [1.82, 2.24) is 4.57 Å². The highest BCUT2D eigenvalue weighted by molar-refractivity contribution is 5.87. The van der Waals surface area contributed by atoms with Crippen LogP contribution in [0.4, 0.5) is 4.39 Å². The van der Waals surface area contributed by atoms with Gasteiger partial charge in [0.25, 0.3) is 5.56 Å². The van der Waals surface area contributed by atoms with Crippen molar-refractivity contribution in [3.63, 3.8) is 0 Å². The Morgan fingerprint density at radius 2 is 2.20 bits per heavy atom. The van der Waals surface area contributed by atoms with Crippen molar-refractivity contribution in [2.75, 3.05) is 0 Å². The van der Waals surface area contributed by atoms with E-state index in [4.69, 9.17) is 0 Å². The number of aryl methyl sites for hydroxylation is 3. The summed E-state index contributed by atoms with van der Waals surface area (Å²) in [7, 11) is 0. The third-order valence-corrected chi connectivity index (χ3v) is 3.09. The Morgan fingerprint density at radius 3 is 3.00 bits per heavy atom. The van der Waals surface area contributed by atoms with Gasteiger partial charge in [0, 0.05) is 18.0 Å². The molecule has 0 unspecified atom stereocenters. The average molecular weight is 203 g/mol. The van der Waals surface area contributed by atoms with Crippen LogP contribution in [0.2, 0.25) is 0 Å². The maximum absolute atomic E-state index is 13.7. The molecule has 0 saturated heterocycles. The summed E-state index contributed by atoms with van der Waals surface area (Å²) >= 11 is 0. The molecule has 2 nitrogen and oxygen atoms in total. The summed E-state index contributed by atoms with van der Waals surface area (Å²) in [4.78, 5) is 11.7. The van der Waals surface area contributed by atoms with Crippen LogP contribution in [0.5, 0.6) is 0 Å². The predicted molar refractivity (Wildman–Crippen MR) is 56.6 cm³/mol. The normalized spacial score (nSPS) is 13.7. The van der Waals surface area contributed by atoms with E-state index in [2.05, 4.69) is 0 Å². The number of pyridine rings is 1. The molecule has 1 aliphatic heterocycles. The molecule has 2 heterocycles. The second kappa shape index (κ2) is 2.69. The molecule has 1 aliphatic rings. The SMILES string of the molecule is Cc1cc(=O)n2c3c(ccc(F)c13)CC2. The Labute approximate surface area is 86.0 Å². The molecular weight excluding hydrogens is 193 g/mol. The molecular formula is C12H10FNO. The van der Waals surface area contributed by atoms with Gasteiger partial charge in [-0.05, 0) is 30.5 Å². The van der Waals surface area contributed by atoms with Gasteiger partial charge in [-0.2, -0.15) is 0 Å². The van der Waals surface area contributed by atoms with Gasteiger partial charge in [0.2, 0.25) is 0 Å². The Hall–Kier alpha value is -1.64. The van der Waals surface area contributed by atoms with Crippen molar-refractivity contribution in [2.45, 2.75) is 19.9 Å². The highest BCUT2D eigenvalue weighted by Crippen LogP contribution is 2.27. The Kier molecular flexibility index (Phi) is 1.55. The number of aromatic nitrogens is 1. The number of nitrogens with zero attached hydrogens (tertiary/aromatic N) is 1. The number of rotatable bonds is 0. The molecule has 0 spiro atoms. The van der Waals surface area contributed by atoms with E-state index in [0.717, 1.165) is 23.1 Å². The van der Waals surface area contributed by atoms with Crippen molar-refractivity contribution in [2.24, 2.45) is 0 Å². The first-order valence-corrected chi connectivity index (χ1v) is 5.00. The van der Waals surface area contributed by atoms with Crippen LogP contribution in [0, 0.1) is 12.7 Å². The van der Waals surface area contributed by atoms with Crippen molar-refractivity contribution in [1.29, 1.82) is 0 Å². The lowest BCUT2D eigenvalue weighted by Crippen LogP contribution is -2.17. The van der Waals surface area contributed by atoms with E-state index in [1.807, 2.05) is 0 Å². The summed E-state index contributed by atoms with van der Waals surface area (Å²) in [6.45, 7) is 2.46. The highest BCUT2D eigenvalue weighted by Gasteiger charge is 2.18. The van der Waals surface area contributed by atoms with E-state index in [0.29, 0.717) is 11.9 Å². The summed E-state index contributed by atoms with van der Waals surface area (Å²) in [5.74, 6) is -0.234. The smallest absolute Gasteiger partial charge is 0.251 e. The minimum Gasteiger partial charge on any atom is -0.308 e. The Bertz CT molecular complexity index is 628. The standard InChI is InChI=1S/C12H10FNO/c1-7-6-10(15)14-5-4-8-2-3-9(13)11(7)12(8)14/h2-3,6H,4-5H2,1H3. The third-order valence-electron chi connectivity index (χ3n) is 3.09. The fraction of sp³-hybridized carbons (Fsp3) is 0.250. The van der Waals surface area contributed by atoms with Gasteiger partial charge in [-0.15, -0.1) is 0 Å². The monoisotopic (exact) mass is 203 g/mol. The minimum absolute atomic E-state index is 0.0237. The largest absolute Gasteiger partial charge is 0.308 e. The van der Waals surface area contributed by atoms with Gasteiger partial charge in [-0.25, -0.2) is 4.39 Å². The van der Waals surface area contributed by atoms with Crippen LogP contribution in [0.25, 0.3) is 10.9 Å². The molecule has 0 fully saturated rings. The van der Waals surface area contributed by atoms with Crippen LogP contribution < -0.4 is 5.56 Å². The molecule has 0 aliphatic carbocycles. The topological polar surface area (TPSA) is 22.0 Å².